The van der Waals surface area contributed by atoms with E-state index in [1.54, 1.807) is 15.6 Å². The standard InChI is InChI=1S/C19H24ClN5OS.ClH/c1-4-23(5-2)11-12-25(18(26)16-9-10-24(6-3)22-16)19-21-15-8-7-14(20)13-17(15)27-19;/h7-10,13H,4-6,11-12H2,1-3H3;1H. The second-order valence-corrected chi connectivity index (χ2v) is 7.59. The molecule has 0 radical (unpaired) electrons. The Bertz CT molecular complexity index is 922. The molecule has 0 aliphatic rings. The number of aryl methyl sites for hydroxylation is 1. The van der Waals surface area contributed by atoms with Gasteiger partial charge in [0.05, 0.1) is 10.2 Å². The number of hydrogen-bond acceptors (Lipinski definition) is 5. The third kappa shape index (κ3) is 5.03. The van der Waals surface area contributed by atoms with Gasteiger partial charge in [-0.15, -0.1) is 12.4 Å². The van der Waals surface area contributed by atoms with Gasteiger partial charge in [-0.25, -0.2) is 4.98 Å². The first-order valence-electron chi connectivity index (χ1n) is 9.19. The molecular weight excluding hydrogens is 417 g/mol. The van der Waals surface area contributed by atoms with Gasteiger partial charge in [0.15, 0.2) is 10.8 Å². The summed E-state index contributed by atoms with van der Waals surface area (Å²) in [6.45, 7) is 10.2. The lowest BCUT2D eigenvalue weighted by molar-refractivity contribution is 0.0978. The molecule has 0 spiro atoms. The molecule has 0 saturated heterocycles. The molecule has 1 amide bonds. The maximum atomic E-state index is 13.2. The highest BCUT2D eigenvalue weighted by Gasteiger charge is 2.23. The van der Waals surface area contributed by atoms with Gasteiger partial charge in [0.2, 0.25) is 0 Å². The minimum atomic E-state index is -0.125. The van der Waals surface area contributed by atoms with Crippen LogP contribution in [0.1, 0.15) is 31.3 Å². The maximum Gasteiger partial charge on any atom is 0.280 e. The number of carbonyl (C=O) groups excluding carboxylic acids is 1. The lowest BCUT2D eigenvalue weighted by Crippen LogP contribution is -2.39. The summed E-state index contributed by atoms with van der Waals surface area (Å²) in [5.74, 6) is -0.125. The van der Waals surface area contributed by atoms with E-state index in [4.69, 9.17) is 11.6 Å². The number of rotatable bonds is 8. The van der Waals surface area contributed by atoms with Gasteiger partial charge in [-0.1, -0.05) is 36.8 Å². The Hall–Kier alpha value is -1.67. The summed E-state index contributed by atoms with van der Waals surface area (Å²) in [5.41, 5.74) is 1.29. The molecule has 28 heavy (non-hydrogen) atoms. The van der Waals surface area contributed by atoms with Crippen molar-refractivity contribution in [2.45, 2.75) is 27.3 Å². The molecule has 0 saturated carbocycles. The number of fused-ring (bicyclic) bond motifs is 1. The van der Waals surface area contributed by atoms with Crippen LogP contribution >= 0.6 is 35.3 Å². The predicted octanol–water partition coefficient (Wildman–Crippen LogP) is 4.58. The molecule has 0 unspecified atom stereocenters. The molecule has 0 N–H and O–H groups in total. The number of carbonyl (C=O) groups is 1. The number of amides is 1. The normalized spacial score (nSPS) is 11.0. The van der Waals surface area contributed by atoms with E-state index in [1.807, 2.05) is 31.3 Å². The van der Waals surface area contributed by atoms with Crippen molar-refractivity contribution < 1.29 is 4.79 Å². The third-order valence-electron chi connectivity index (χ3n) is 4.53. The zero-order valence-corrected chi connectivity index (χ0v) is 18.6. The average Bonchev–Trinajstić information content (AvgIpc) is 3.31. The van der Waals surface area contributed by atoms with Gasteiger partial charge in [0, 0.05) is 30.9 Å². The molecule has 2 aromatic heterocycles. The number of thiazole rings is 1. The van der Waals surface area contributed by atoms with Crippen LogP contribution < -0.4 is 4.90 Å². The molecule has 0 atom stereocenters. The summed E-state index contributed by atoms with van der Waals surface area (Å²) in [7, 11) is 0. The predicted molar refractivity (Wildman–Crippen MR) is 119 cm³/mol. The SMILES string of the molecule is CCN(CC)CCN(C(=O)c1ccn(CC)n1)c1nc2ccc(Cl)cc2s1.Cl. The van der Waals surface area contributed by atoms with Gasteiger partial charge in [-0.3, -0.25) is 14.4 Å². The second-order valence-electron chi connectivity index (χ2n) is 6.15. The molecular formula is C19H25Cl2N5OS. The van der Waals surface area contributed by atoms with Gasteiger partial charge in [-0.05, 0) is 44.3 Å². The summed E-state index contributed by atoms with van der Waals surface area (Å²) >= 11 is 7.58. The molecule has 3 rings (SSSR count). The van der Waals surface area contributed by atoms with E-state index < -0.39 is 0 Å². The van der Waals surface area contributed by atoms with Crippen molar-refractivity contribution in [2.24, 2.45) is 0 Å². The number of aromatic nitrogens is 3. The Labute approximate surface area is 180 Å². The van der Waals surface area contributed by atoms with Crippen LogP contribution in [0.15, 0.2) is 30.5 Å². The van der Waals surface area contributed by atoms with Crippen LogP contribution in [0.4, 0.5) is 5.13 Å². The fraction of sp³-hybridized carbons (Fsp3) is 0.421. The van der Waals surface area contributed by atoms with Gasteiger partial charge in [0.25, 0.3) is 5.91 Å². The van der Waals surface area contributed by atoms with E-state index >= 15 is 0 Å². The van der Waals surface area contributed by atoms with E-state index in [9.17, 15) is 4.79 Å². The van der Waals surface area contributed by atoms with Crippen molar-refractivity contribution in [3.8, 4) is 0 Å². The second kappa shape index (κ2) is 10.2. The summed E-state index contributed by atoms with van der Waals surface area (Å²) in [6.07, 6.45) is 1.83. The molecule has 152 valence electrons. The van der Waals surface area contributed by atoms with Crippen molar-refractivity contribution in [1.82, 2.24) is 19.7 Å². The van der Waals surface area contributed by atoms with Gasteiger partial charge in [-0.2, -0.15) is 5.10 Å². The van der Waals surface area contributed by atoms with E-state index in [0.717, 1.165) is 36.4 Å². The first kappa shape index (κ1) is 22.6. The lowest BCUT2D eigenvalue weighted by Gasteiger charge is -2.24. The highest BCUT2D eigenvalue weighted by atomic mass is 35.5. The first-order valence-corrected chi connectivity index (χ1v) is 10.4. The van der Waals surface area contributed by atoms with Crippen LogP contribution in [-0.2, 0) is 6.54 Å². The molecule has 3 aromatic rings. The molecule has 0 fully saturated rings. The van der Waals surface area contributed by atoms with Crippen molar-refractivity contribution in [2.75, 3.05) is 31.1 Å². The molecule has 0 aliphatic carbocycles. The smallest absolute Gasteiger partial charge is 0.280 e. The van der Waals surface area contributed by atoms with Gasteiger partial charge < -0.3 is 4.90 Å². The van der Waals surface area contributed by atoms with Gasteiger partial charge in [0.1, 0.15) is 0 Å². The third-order valence-corrected chi connectivity index (χ3v) is 5.81. The molecule has 0 aliphatic heterocycles. The van der Waals surface area contributed by atoms with E-state index in [0.29, 0.717) is 22.4 Å². The zero-order valence-electron chi connectivity index (χ0n) is 16.3. The van der Waals surface area contributed by atoms with E-state index in [2.05, 4.69) is 28.8 Å². The average molecular weight is 442 g/mol. The monoisotopic (exact) mass is 441 g/mol. The molecule has 2 heterocycles. The summed E-state index contributed by atoms with van der Waals surface area (Å²) in [4.78, 5) is 21.9. The number of halogens is 2. The quantitative estimate of drug-likeness (QED) is 0.513. The molecule has 0 bridgehead atoms. The Morgan fingerprint density at radius 1 is 1.18 bits per heavy atom. The number of likely N-dealkylation sites (N-methyl/N-ethyl adjacent to an activating group) is 1. The first-order chi connectivity index (χ1) is 13.0. The number of nitrogens with zero attached hydrogens (tertiary/aromatic N) is 5. The Balaban J connectivity index is 0.00000280. The largest absolute Gasteiger partial charge is 0.302 e. The fourth-order valence-corrected chi connectivity index (χ4v) is 4.12. The highest BCUT2D eigenvalue weighted by molar-refractivity contribution is 7.22. The zero-order chi connectivity index (χ0) is 19.4. The number of hydrogen-bond donors (Lipinski definition) is 0. The van der Waals surface area contributed by atoms with Crippen LogP contribution in [0, 0.1) is 0 Å². The van der Waals surface area contributed by atoms with E-state index in [1.165, 1.54) is 11.3 Å². The number of anilines is 1. The molecule has 9 heteroatoms. The van der Waals surface area contributed by atoms with Crippen LogP contribution in [0.2, 0.25) is 5.02 Å². The van der Waals surface area contributed by atoms with E-state index in [-0.39, 0.29) is 18.3 Å². The van der Waals surface area contributed by atoms with Crippen molar-refractivity contribution in [1.29, 1.82) is 0 Å². The number of benzene rings is 1. The lowest BCUT2D eigenvalue weighted by atomic mass is 10.3. The van der Waals surface area contributed by atoms with Crippen LogP contribution in [0.5, 0.6) is 0 Å². The van der Waals surface area contributed by atoms with Crippen LogP contribution in [0.25, 0.3) is 10.2 Å². The Morgan fingerprint density at radius 3 is 2.57 bits per heavy atom. The Morgan fingerprint density at radius 2 is 1.93 bits per heavy atom. The van der Waals surface area contributed by atoms with Crippen molar-refractivity contribution >= 4 is 56.6 Å². The highest BCUT2D eigenvalue weighted by Crippen LogP contribution is 2.31. The maximum absolute atomic E-state index is 13.2. The fourth-order valence-electron chi connectivity index (χ4n) is 2.86. The van der Waals surface area contributed by atoms with Gasteiger partial charge >= 0.3 is 0 Å². The van der Waals surface area contributed by atoms with Crippen LogP contribution in [-0.4, -0.2) is 51.8 Å². The van der Waals surface area contributed by atoms with Crippen molar-refractivity contribution in [3.05, 3.63) is 41.2 Å². The summed E-state index contributed by atoms with van der Waals surface area (Å²) in [5, 5.41) is 5.72. The minimum absolute atomic E-state index is 0. The van der Waals surface area contributed by atoms with Crippen molar-refractivity contribution in [3.63, 3.8) is 0 Å². The molecule has 6 nitrogen and oxygen atoms in total. The minimum Gasteiger partial charge on any atom is -0.302 e. The topological polar surface area (TPSA) is 54.3 Å². The Kier molecular flexibility index (Phi) is 8.24. The summed E-state index contributed by atoms with van der Waals surface area (Å²) < 4.78 is 2.73. The summed E-state index contributed by atoms with van der Waals surface area (Å²) in [6, 6.07) is 7.35. The van der Waals surface area contributed by atoms with Crippen LogP contribution in [0.3, 0.4) is 0 Å². The molecule has 1 aromatic carbocycles.